The fraction of sp³-hybridized carbons (Fsp3) is 0.421. The van der Waals surface area contributed by atoms with Gasteiger partial charge in [-0.25, -0.2) is 0 Å². The molecule has 26 heavy (non-hydrogen) atoms. The lowest BCUT2D eigenvalue weighted by Crippen LogP contribution is -2.49. The summed E-state index contributed by atoms with van der Waals surface area (Å²) in [6, 6.07) is 3.91. The topological polar surface area (TPSA) is 71.6 Å². The van der Waals surface area contributed by atoms with Crippen molar-refractivity contribution in [3.8, 4) is 5.82 Å². The number of carbonyl (C=O) groups is 2. The van der Waals surface area contributed by atoms with Crippen LogP contribution in [0.1, 0.15) is 29.6 Å². The number of aryl methyl sites for hydroxylation is 2. The quantitative estimate of drug-likeness (QED) is 0.790. The first-order valence-electron chi connectivity index (χ1n) is 8.72. The molecule has 3 heterocycles. The van der Waals surface area contributed by atoms with Crippen molar-refractivity contribution in [2.24, 2.45) is 0 Å². The third-order valence-corrected chi connectivity index (χ3v) is 4.76. The van der Waals surface area contributed by atoms with Gasteiger partial charge in [0.1, 0.15) is 5.76 Å². The molecule has 0 radical (unpaired) electrons. The molecule has 0 aromatic carbocycles. The summed E-state index contributed by atoms with van der Waals surface area (Å²) in [7, 11) is 0. The highest BCUT2D eigenvalue weighted by molar-refractivity contribution is 5.92. The Hall–Kier alpha value is -2.83. The van der Waals surface area contributed by atoms with Gasteiger partial charge in [-0.1, -0.05) is 5.16 Å². The van der Waals surface area contributed by atoms with Crippen LogP contribution in [0.2, 0.25) is 0 Å². The number of rotatable bonds is 3. The van der Waals surface area contributed by atoms with Crippen LogP contribution >= 0.6 is 0 Å². The summed E-state index contributed by atoms with van der Waals surface area (Å²) in [6.07, 6.45) is 3.44. The Morgan fingerprint density at radius 2 is 1.73 bits per heavy atom. The van der Waals surface area contributed by atoms with Gasteiger partial charge in [0.15, 0.2) is 5.82 Å². The molecule has 2 aromatic heterocycles. The van der Waals surface area contributed by atoms with Crippen LogP contribution in [-0.4, -0.2) is 57.5 Å². The highest BCUT2D eigenvalue weighted by Gasteiger charge is 2.21. The van der Waals surface area contributed by atoms with Crippen molar-refractivity contribution in [1.29, 1.82) is 0 Å². The minimum absolute atomic E-state index is 0.0321. The van der Waals surface area contributed by atoms with E-state index in [1.807, 2.05) is 43.5 Å². The first kappa shape index (κ1) is 18.0. The number of hydrogen-bond acceptors (Lipinski definition) is 4. The first-order chi connectivity index (χ1) is 12.4. The van der Waals surface area contributed by atoms with E-state index in [1.165, 1.54) is 0 Å². The molecule has 3 rings (SSSR count). The summed E-state index contributed by atoms with van der Waals surface area (Å²) < 4.78 is 7.17. The molecule has 2 amide bonds. The molecular weight excluding hydrogens is 332 g/mol. The molecule has 0 N–H and O–H groups in total. The zero-order valence-corrected chi connectivity index (χ0v) is 15.7. The van der Waals surface area contributed by atoms with Crippen molar-refractivity contribution in [2.75, 3.05) is 26.2 Å². The standard InChI is InChI=1S/C19H24N4O3/c1-13-11-17(15(3)23(13)18-12-14(2)26-20-18)5-6-19(25)22-9-7-21(8-10-22)16(4)24/h5-6,11-12H,7-10H2,1-4H3. The van der Waals surface area contributed by atoms with Crippen LogP contribution in [0.3, 0.4) is 0 Å². The van der Waals surface area contributed by atoms with Gasteiger partial charge >= 0.3 is 0 Å². The molecule has 0 aliphatic carbocycles. The Bertz CT molecular complexity index is 854. The maximum absolute atomic E-state index is 12.4. The lowest BCUT2D eigenvalue weighted by Gasteiger charge is -2.33. The minimum Gasteiger partial charge on any atom is -0.360 e. The van der Waals surface area contributed by atoms with Crippen molar-refractivity contribution in [3.63, 3.8) is 0 Å². The number of piperazine rings is 1. The molecule has 0 saturated carbocycles. The van der Waals surface area contributed by atoms with E-state index in [4.69, 9.17) is 4.52 Å². The minimum atomic E-state index is -0.0321. The Kier molecular flexibility index (Phi) is 4.97. The average molecular weight is 356 g/mol. The summed E-state index contributed by atoms with van der Waals surface area (Å²) in [5.74, 6) is 1.52. The maximum atomic E-state index is 12.4. The third-order valence-electron chi connectivity index (χ3n) is 4.76. The zero-order valence-electron chi connectivity index (χ0n) is 15.7. The van der Waals surface area contributed by atoms with Gasteiger partial charge in [-0.3, -0.25) is 14.2 Å². The average Bonchev–Trinajstić information content (AvgIpc) is 3.15. The van der Waals surface area contributed by atoms with Gasteiger partial charge in [-0.2, -0.15) is 0 Å². The second kappa shape index (κ2) is 7.19. The molecule has 1 fully saturated rings. The number of carbonyl (C=O) groups excluding carboxylic acids is 2. The Balaban J connectivity index is 1.71. The van der Waals surface area contributed by atoms with Crippen LogP contribution < -0.4 is 0 Å². The van der Waals surface area contributed by atoms with Crippen molar-refractivity contribution in [3.05, 3.63) is 40.9 Å². The summed E-state index contributed by atoms with van der Waals surface area (Å²) >= 11 is 0. The van der Waals surface area contributed by atoms with Gasteiger partial charge in [0.2, 0.25) is 11.8 Å². The second-order valence-corrected chi connectivity index (χ2v) is 6.62. The molecule has 0 atom stereocenters. The maximum Gasteiger partial charge on any atom is 0.246 e. The number of nitrogens with zero attached hydrogens (tertiary/aromatic N) is 4. The van der Waals surface area contributed by atoms with E-state index >= 15 is 0 Å². The SMILES string of the molecule is CC(=O)N1CCN(C(=O)C=Cc2cc(C)n(-c3cc(C)on3)c2C)CC1. The van der Waals surface area contributed by atoms with Gasteiger partial charge in [-0.05, 0) is 38.5 Å². The summed E-state index contributed by atoms with van der Waals surface area (Å²) in [5.41, 5.74) is 3.00. The van der Waals surface area contributed by atoms with E-state index in [0.717, 1.165) is 28.5 Å². The molecule has 2 aromatic rings. The molecule has 0 bridgehead atoms. The van der Waals surface area contributed by atoms with Crippen LogP contribution in [0.25, 0.3) is 11.9 Å². The lowest BCUT2D eigenvalue weighted by molar-refractivity contribution is -0.135. The summed E-state index contributed by atoms with van der Waals surface area (Å²) in [5, 5.41) is 4.07. The fourth-order valence-electron chi connectivity index (χ4n) is 3.28. The molecule has 138 valence electrons. The number of hydrogen-bond donors (Lipinski definition) is 0. The van der Waals surface area contributed by atoms with Crippen molar-refractivity contribution in [2.45, 2.75) is 27.7 Å². The van der Waals surface area contributed by atoms with E-state index in [-0.39, 0.29) is 11.8 Å². The van der Waals surface area contributed by atoms with Crippen molar-refractivity contribution < 1.29 is 14.1 Å². The van der Waals surface area contributed by atoms with E-state index in [0.29, 0.717) is 26.2 Å². The summed E-state index contributed by atoms with van der Waals surface area (Å²) in [6.45, 7) is 9.73. The number of amides is 2. The summed E-state index contributed by atoms with van der Waals surface area (Å²) in [4.78, 5) is 27.3. The van der Waals surface area contributed by atoms with Crippen LogP contribution in [0.5, 0.6) is 0 Å². The van der Waals surface area contributed by atoms with Crippen LogP contribution in [0, 0.1) is 20.8 Å². The molecule has 0 spiro atoms. The molecule has 0 unspecified atom stereocenters. The number of aromatic nitrogens is 2. The van der Waals surface area contributed by atoms with E-state index in [9.17, 15) is 9.59 Å². The highest BCUT2D eigenvalue weighted by Crippen LogP contribution is 2.21. The van der Waals surface area contributed by atoms with E-state index < -0.39 is 0 Å². The van der Waals surface area contributed by atoms with Crippen LogP contribution in [0.4, 0.5) is 0 Å². The smallest absolute Gasteiger partial charge is 0.246 e. The Labute approximate surface area is 152 Å². The van der Waals surface area contributed by atoms with Crippen LogP contribution in [-0.2, 0) is 9.59 Å². The van der Waals surface area contributed by atoms with Crippen molar-refractivity contribution in [1.82, 2.24) is 19.5 Å². The van der Waals surface area contributed by atoms with Gasteiger partial charge in [0, 0.05) is 56.6 Å². The second-order valence-electron chi connectivity index (χ2n) is 6.62. The lowest BCUT2D eigenvalue weighted by atomic mass is 10.2. The van der Waals surface area contributed by atoms with Gasteiger partial charge < -0.3 is 14.3 Å². The van der Waals surface area contributed by atoms with Gasteiger partial charge in [0.25, 0.3) is 0 Å². The predicted octanol–water partition coefficient (Wildman–Crippen LogP) is 2.09. The fourth-order valence-corrected chi connectivity index (χ4v) is 3.28. The Morgan fingerprint density at radius 3 is 2.31 bits per heavy atom. The molecule has 1 aliphatic heterocycles. The molecule has 1 aliphatic rings. The van der Waals surface area contributed by atoms with Crippen LogP contribution in [0.15, 0.2) is 22.7 Å². The van der Waals surface area contributed by atoms with E-state index in [1.54, 1.807) is 22.8 Å². The third kappa shape index (κ3) is 3.56. The Morgan fingerprint density at radius 1 is 1.08 bits per heavy atom. The van der Waals surface area contributed by atoms with E-state index in [2.05, 4.69) is 5.16 Å². The largest absolute Gasteiger partial charge is 0.360 e. The van der Waals surface area contributed by atoms with Gasteiger partial charge in [-0.15, -0.1) is 0 Å². The molecule has 7 heteroatoms. The molecular formula is C19H24N4O3. The first-order valence-corrected chi connectivity index (χ1v) is 8.72. The zero-order chi connectivity index (χ0) is 18.8. The van der Waals surface area contributed by atoms with Crippen molar-refractivity contribution >= 4 is 17.9 Å². The monoisotopic (exact) mass is 356 g/mol. The molecule has 1 saturated heterocycles. The highest BCUT2D eigenvalue weighted by atomic mass is 16.5. The normalized spacial score (nSPS) is 15.1. The predicted molar refractivity (Wildman–Crippen MR) is 97.9 cm³/mol. The molecule has 7 nitrogen and oxygen atoms in total. The van der Waals surface area contributed by atoms with Gasteiger partial charge in [0.05, 0.1) is 0 Å².